The highest BCUT2D eigenvalue weighted by molar-refractivity contribution is 6.34. The molecule has 0 fully saturated rings. The predicted molar refractivity (Wildman–Crippen MR) is 80.9 cm³/mol. The molecule has 5 nitrogen and oxygen atoms in total. The maximum absolute atomic E-state index is 6.20. The van der Waals surface area contributed by atoms with Gasteiger partial charge in [-0.25, -0.2) is 5.43 Å². The van der Waals surface area contributed by atoms with E-state index >= 15 is 0 Å². The van der Waals surface area contributed by atoms with Crippen LogP contribution in [0.15, 0.2) is 30.5 Å². The molecule has 1 aromatic heterocycles. The van der Waals surface area contributed by atoms with Crippen LogP contribution in [0, 0.1) is 0 Å². The lowest BCUT2D eigenvalue weighted by Crippen LogP contribution is -2.30. The average molecular weight is 326 g/mol. The Bertz CT molecular complexity index is 667. The van der Waals surface area contributed by atoms with Crippen LogP contribution >= 0.6 is 23.2 Å². The fourth-order valence-electron chi connectivity index (χ4n) is 2.21. The highest BCUT2D eigenvalue weighted by Crippen LogP contribution is 2.35. The predicted octanol–water partition coefficient (Wildman–Crippen LogP) is 2.71. The lowest BCUT2D eigenvalue weighted by atomic mass is 10.0. The second-order valence-electron chi connectivity index (χ2n) is 4.52. The van der Waals surface area contributed by atoms with E-state index in [0.29, 0.717) is 34.7 Å². The van der Waals surface area contributed by atoms with Crippen molar-refractivity contribution in [2.24, 2.45) is 5.84 Å². The molecule has 1 atom stereocenters. The van der Waals surface area contributed by atoms with Crippen molar-refractivity contribution in [2.75, 3.05) is 13.2 Å². The molecule has 110 valence electrons. The summed E-state index contributed by atoms with van der Waals surface area (Å²) in [4.78, 5) is 4.26. The molecule has 1 aliphatic rings. The smallest absolute Gasteiger partial charge is 0.161 e. The van der Waals surface area contributed by atoms with E-state index in [1.165, 1.54) is 6.20 Å². The van der Waals surface area contributed by atoms with Crippen LogP contribution in [0.3, 0.4) is 0 Å². The Labute approximate surface area is 131 Å². The number of aromatic nitrogens is 1. The zero-order valence-electron chi connectivity index (χ0n) is 11.0. The topological polar surface area (TPSA) is 69.4 Å². The molecule has 1 unspecified atom stereocenters. The minimum absolute atomic E-state index is 0.370. The van der Waals surface area contributed by atoms with E-state index in [9.17, 15) is 0 Å². The standard InChI is InChI=1S/C14H13Cl2N3O2/c15-9-6-10(16)14(18-7-9)13(19-17)8-1-2-11-12(5-8)21-4-3-20-11/h1-2,5-7,13,19H,3-4,17H2. The number of pyridine rings is 1. The number of hydrazine groups is 1. The van der Waals surface area contributed by atoms with Crippen molar-refractivity contribution in [3.05, 3.63) is 51.8 Å². The molecule has 0 saturated carbocycles. The zero-order valence-corrected chi connectivity index (χ0v) is 12.5. The Hall–Kier alpha value is -1.53. The molecule has 2 heterocycles. The third-order valence-corrected chi connectivity index (χ3v) is 3.69. The summed E-state index contributed by atoms with van der Waals surface area (Å²) in [7, 11) is 0. The molecule has 3 N–H and O–H groups in total. The Morgan fingerprint density at radius 1 is 1.14 bits per heavy atom. The number of nitrogens with two attached hydrogens (primary N) is 1. The molecular weight excluding hydrogens is 313 g/mol. The maximum Gasteiger partial charge on any atom is 0.161 e. The van der Waals surface area contributed by atoms with Gasteiger partial charge >= 0.3 is 0 Å². The van der Waals surface area contributed by atoms with Gasteiger partial charge in [-0.2, -0.15) is 0 Å². The van der Waals surface area contributed by atoms with Crippen LogP contribution < -0.4 is 20.7 Å². The molecule has 0 saturated heterocycles. The molecule has 0 bridgehead atoms. The summed E-state index contributed by atoms with van der Waals surface area (Å²) in [6.07, 6.45) is 1.53. The number of rotatable bonds is 3. The van der Waals surface area contributed by atoms with Crippen LogP contribution in [0.1, 0.15) is 17.3 Å². The highest BCUT2D eigenvalue weighted by atomic mass is 35.5. The second kappa shape index (κ2) is 6.07. The number of benzene rings is 1. The monoisotopic (exact) mass is 325 g/mol. The number of fused-ring (bicyclic) bond motifs is 1. The molecule has 0 aliphatic carbocycles. The first-order valence-electron chi connectivity index (χ1n) is 6.35. The summed E-state index contributed by atoms with van der Waals surface area (Å²) < 4.78 is 11.1. The van der Waals surface area contributed by atoms with Crippen molar-refractivity contribution < 1.29 is 9.47 Å². The SMILES string of the molecule is NNC(c1ccc2c(c1)OCCO2)c1ncc(Cl)cc1Cl. The van der Waals surface area contributed by atoms with E-state index in [0.717, 1.165) is 11.3 Å². The lowest BCUT2D eigenvalue weighted by Gasteiger charge is -2.22. The molecule has 1 aromatic carbocycles. The summed E-state index contributed by atoms with van der Waals surface area (Å²) in [5, 5.41) is 0.919. The molecule has 7 heteroatoms. The largest absolute Gasteiger partial charge is 0.486 e. The second-order valence-corrected chi connectivity index (χ2v) is 5.37. The van der Waals surface area contributed by atoms with Crippen LogP contribution in [0.2, 0.25) is 10.0 Å². The molecule has 0 radical (unpaired) electrons. The van der Waals surface area contributed by atoms with Crippen molar-refractivity contribution in [1.82, 2.24) is 10.4 Å². The van der Waals surface area contributed by atoms with Gasteiger partial charge < -0.3 is 9.47 Å². The van der Waals surface area contributed by atoms with E-state index < -0.39 is 0 Å². The highest BCUT2D eigenvalue weighted by Gasteiger charge is 2.20. The van der Waals surface area contributed by atoms with Gasteiger partial charge in [0.1, 0.15) is 13.2 Å². The summed E-state index contributed by atoms with van der Waals surface area (Å²) in [6.45, 7) is 1.08. The van der Waals surface area contributed by atoms with Crippen LogP contribution in [-0.2, 0) is 0 Å². The first-order chi connectivity index (χ1) is 10.2. The van der Waals surface area contributed by atoms with Crippen molar-refractivity contribution >= 4 is 23.2 Å². The molecule has 0 spiro atoms. The molecule has 2 aromatic rings. The van der Waals surface area contributed by atoms with E-state index in [1.54, 1.807) is 6.07 Å². The van der Waals surface area contributed by atoms with Gasteiger partial charge in [0.25, 0.3) is 0 Å². The van der Waals surface area contributed by atoms with Crippen LogP contribution in [-0.4, -0.2) is 18.2 Å². The van der Waals surface area contributed by atoms with Crippen molar-refractivity contribution in [3.63, 3.8) is 0 Å². The number of nitrogens with one attached hydrogen (secondary N) is 1. The number of halogens is 2. The molecule has 1 aliphatic heterocycles. The number of ether oxygens (including phenoxy) is 2. The Morgan fingerprint density at radius 3 is 2.62 bits per heavy atom. The summed E-state index contributed by atoms with van der Waals surface area (Å²) in [6, 6.07) is 6.87. The molecule has 0 amide bonds. The Morgan fingerprint density at radius 2 is 1.90 bits per heavy atom. The third kappa shape index (κ3) is 2.91. The van der Waals surface area contributed by atoms with Gasteiger partial charge in [0, 0.05) is 6.20 Å². The minimum Gasteiger partial charge on any atom is -0.486 e. The average Bonchev–Trinajstić information content (AvgIpc) is 2.50. The third-order valence-electron chi connectivity index (χ3n) is 3.18. The molecule has 21 heavy (non-hydrogen) atoms. The maximum atomic E-state index is 6.20. The first kappa shape index (κ1) is 14.4. The van der Waals surface area contributed by atoms with Crippen LogP contribution in [0.5, 0.6) is 11.5 Å². The van der Waals surface area contributed by atoms with Crippen molar-refractivity contribution in [3.8, 4) is 11.5 Å². The van der Waals surface area contributed by atoms with Crippen molar-refractivity contribution in [2.45, 2.75) is 6.04 Å². The molecule has 3 rings (SSSR count). The quantitative estimate of drug-likeness (QED) is 0.670. The lowest BCUT2D eigenvalue weighted by molar-refractivity contribution is 0.171. The number of nitrogens with zero attached hydrogens (tertiary/aromatic N) is 1. The van der Waals surface area contributed by atoms with E-state index in [2.05, 4.69) is 10.4 Å². The van der Waals surface area contributed by atoms with E-state index in [1.807, 2.05) is 18.2 Å². The minimum atomic E-state index is -0.370. The first-order valence-corrected chi connectivity index (χ1v) is 7.11. The van der Waals surface area contributed by atoms with Gasteiger partial charge in [0.15, 0.2) is 11.5 Å². The van der Waals surface area contributed by atoms with Gasteiger partial charge in [0.2, 0.25) is 0 Å². The Kier molecular flexibility index (Phi) is 4.17. The van der Waals surface area contributed by atoms with Gasteiger partial charge in [-0.1, -0.05) is 29.3 Å². The van der Waals surface area contributed by atoms with Gasteiger partial charge in [-0.15, -0.1) is 0 Å². The van der Waals surface area contributed by atoms with Gasteiger partial charge in [-0.05, 0) is 23.8 Å². The zero-order chi connectivity index (χ0) is 14.8. The van der Waals surface area contributed by atoms with Gasteiger partial charge in [0.05, 0.1) is 21.8 Å². The summed E-state index contributed by atoms with van der Waals surface area (Å²) >= 11 is 12.1. The summed E-state index contributed by atoms with van der Waals surface area (Å²) in [5.74, 6) is 7.07. The number of hydrogen-bond donors (Lipinski definition) is 2. The van der Waals surface area contributed by atoms with E-state index in [4.69, 9.17) is 38.5 Å². The molecular formula is C14H13Cl2N3O2. The number of hydrogen-bond acceptors (Lipinski definition) is 5. The van der Waals surface area contributed by atoms with Gasteiger partial charge in [-0.3, -0.25) is 10.8 Å². The van der Waals surface area contributed by atoms with Crippen LogP contribution in [0.25, 0.3) is 0 Å². The van der Waals surface area contributed by atoms with E-state index in [-0.39, 0.29) is 6.04 Å². The Balaban J connectivity index is 1.99. The van der Waals surface area contributed by atoms with Crippen molar-refractivity contribution in [1.29, 1.82) is 0 Å². The fourth-order valence-corrected chi connectivity index (χ4v) is 2.70. The van der Waals surface area contributed by atoms with Crippen LogP contribution in [0.4, 0.5) is 0 Å². The normalized spacial score (nSPS) is 14.8. The summed E-state index contributed by atoms with van der Waals surface area (Å²) in [5.41, 5.74) is 4.19. The fraction of sp³-hybridized carbons (Fsp3) is 0.214.